The molecule has 0 bridgehead atoms. The van der Waals surface area contributed by atoms with Gasteiger partial charge in [-0.25, -0.2) is 4.18 Å². The molecule has 7 nitrogen and oxygen atoms in total. The number of aliphatic hydroxyl groups excluding tert-OH is 1. The first-order valence-corrected chi connectivity index (χ1v) is 19.3. The molecule has 43 heavy (non-hydrogen) atoms. The summed E-state index contributed by atoms with van der Waals surface area (Å²) in [4.78, 5) is 13.1. The Morgan fingerprint density at radius 1 is 0.698 bits per heavy atom. The summed E-state index contributed by atoms with van der Waals surface area (Å²) < 4.78 is 44.0. The molecule has 2 N–H and O–H groups in total. The average Bonchev–Trinajstić information content (AvgIpc) is 2.97. The molecule has 1 fully saturated rings. The Labute approximate surface area is 264 Å². The number of rotatable bonds is 18. The fraction of sp³-hybridized carbons (Fsp3) is 0.914. The summed E-state index contributed by atoms with van der Waals surface area (Å²) in [7, 11) is -4.83. The average molecular weight is 631 g/mol. The molecular formula is C35H66O7S. The van der Waals surface area contributed by atoms with Crippen molar-refractivity contribution < 1.29 is 31.8 Å². The van der Waals surface area contributed by atoms with E-state index in [0.29, 0.717) is 19.3 Å². The lowest BCUT2D eigenvalue weighted by atomic mass is 9.84. The molecule has 0 aromatic heterocycles. The number of hydrogen-bond acceptors (Lipinski definition) is 6. The maximum absolute atomic E-state index is 13.1. The standard InChI is InChI=1S/C35H66O7S/c1-2-3-4-5-6-7-8-11-14-17-20-23-26-29-34(37)41-35(33(32-36)42-43(38,39)40)30-27-24-21-18-15-12-9-10-13-16-19-22-25-28-31-35/h7-8,33,36H,2-6,9-32H2,1H3,(H,38,39,40)/b8-7-. The smallest absolute Gasteiger partial charge is 0.397 e. The zero-order valence-corrected chi connectivity index (χ0v) is 28.4. The van der Waals surface area contributed by atoms with E-state index in [9.17, 15) is 22.9 Å². The Balaban J connectivity index is 2.68. The van der Waals surface area contributed by atoms with Crippen molar-refractivity contribution in [2.75, 3.05) is 6.61 Å². The van der Waals surface area contributed by atoms with E-state index in [1.807, 2.05) is 0 Å². The molecule has 0 aromatic rings. The van der Waals surface area contributed by atoms with Crippen molar-refractivity contribution in [2.45, 2.75) is 198 Å². The Morgan fingerprint density at radius 2 is 1.12 bits per heavy atom. The van der Waals surface area contributed by atoms with Crippen LogP contribution in [0.4, 0.5) is 0 Å². The maximum atomic E-state index is 13.1. The van der Waals surface area contributed by atoms with Gasteiger partial charge in [0.15, 0.2) is 0 Å². The molecule has 254 valence electrons. The minimum absolute atomic E-state index is 0.253. The Kier molecular flexibility index (Phi) is 24.5. The Hall–Kier alpha value is -0.960. The molecule has 1 aliphatic rings. The summed E-state index contributed by atoms with van der Waals surface area (Å²) in [5.74, 6) is -0.380. The van der Waals surface area contributed by atoms with Gasteiger partial charge in [-0.1, -0.05) is 135 Å². The van der Waals surface area contributed by atoms with Crippen molar-refractivity contribution in [3.63, 3.8) is 0 Å². The zero-order chi connectivity index (χ0) is 31.5. The summed E-state index contributed by atoms with van der Waals surface area (Å²) in [5, 5.41) is 10.2. The molecular weight excluding hydrogens is 564 g/mol. The van der Waals surface area contributed by atoms with Crippen molar-refractivity contribution in [1.82, 2.24) is 0 Å². The van der Waals surface area contributed by atoms with E-state index in [0.717, 1.165) is 83.5 Å². The summed E-state index contributed by atoms with van der Waals surface area (Å²) in [6.45, 7) is 1.58. The van der Waals surface area contributed by atoms with E-state index >= 15 is 0 Å². The molecule has 0 saturated heterocycles. The van der Waals surface area contributed by atoms with Crippen LogP contribution in [0, 0.1) is 0 Å². The molecule has 0 heterocycles. The first-order valence-electron chi connectivity index (χ1n) is 18.0. The highest BCUT2D eigenvalue weighted by Gasteiger charge is 2.44. The van der Waals surface area contributed by atoms with Gasteiger partial charge in [0.05, 0.1) is 6.61 Å². The number of carbonyl (C=O) groups excluding carboxylic acids is 1. The van der Waals surface area contributed by atoms with Crippen LogP contribution in [-0.2, 0) is 24.1 Å². The first-order chi connectivity index (χ1) is 20.8. The molecule has 0 amide bonds. The number of allylic oxidation sites excluding steroid dienone is 2. The maximum Gasteiger partial charge on any atom is 0.397 e. The van der Waals surface area contributed by atoms with Crippen LogP contribution in [0.3, 0.4) is 0 Å². The van der Waals surface area contributed by atoms with Gasteiger partial charge in [0, 0.05) is 6.42 Å². The van der Waals surface area contributed by atoms with Gasteiger partial charge in [-0.15, -0.1) is 0 Å². The third kappa shape index (κ3) is 22.2. The van der Waals surface area contributed by atoms with Gasteiger partial charge in [-0.2, -0.15) is 8.42 Å². The minimum atomic E-state index is -4.83. The summed E-state index contributed by atoms with van der Waals surface area (Å²) >= 11 is 0. The van der Waals surface area contributed by atoms with Gasteiger partial charge < -0.3 is 9.84 Å². The first kappa shape index (κ1) is 40.1. The van der Waals surface area contributed by atoms with Crippen LogP contribution >= 0.6 is 0 Å². The Bertz CT molecular complexity index is 778. The predicted molar refractivity (Wildman–Crippen MR) is 176 cm³/mol. The topological polar surface area (TPSA) is 110 Å². The van der Waals surface area contributed by atoms with Crippen LogP contribution in [0.1, 0.15) is 187 Å². The van der Waals surface area contributed by atoms with Crippen LogP contribution < -0.4 is 0 Å². The van der Waals surface area contributed by atoms with Gasteiger partial charge in [0.25, 0.3) is 0 Å². The molecule has 1 saturated carbocycles. The van der Waals surface area contributed by atoms with E-state index < -0.39 is 28.7 Å². The lowest BCUT2D eigenvalue weighted by molar-refractivity contribution is -0.178. The van der Waals surface area contributed by atoms with Crippen LogP contribution in [0.25, 0.3) is 0 Å². The highest BCUT2D eigenvalue weighted by Crippen LogP contribution is 2.34. The third-order valence-electron chi connectivity index (χ3n) is 8.90. The van der Waals surface area contributed by atoms with E-state index in [4.69, 9.17) is 8.92 Å². The molecule has 1 aliphatic carbocycles. The van der Waals surface area contributed by atoms with Gasteiger partial charge in [0.1, 0.15) is 11.7 Å². The van der Waals surface area contributed by atoms with Crippen LogP contribution in [0.2, 0.25) is 0 Å². The molecule has 1 unspecified atom stereocenters. The van der Waals surface area contributed by atoms with Crippen LogP contribution in [-0.4, -0.2) is 42.4 Å². The van der Waals surface area contributed by atoms with Gasteiger partial charge in [0.2, 0.25) is 0 Å². The molecule has 8 heteroatoms. The van der Waals surface area contributed by atoms with Gasteiger partial charge >= 0.3 is 16.4 Å². The number of esters is 1. The SMILES string of the molecule is CCCCCC/C=C\CCCCCCCC(=O)OC1(C(CO)OS(=O)(=O)O)CCCCCCCCCCCCCCCC1. The highest BCUT2D eigenvalue weighted by atomic mass is 32.3. The minimum Gasteiger partial charge on any atom is -0.456 e. The molecule has 0 radical (unpaired) electrons. The molecule has 1 atom stereocenters. The van der Waals surface area contributed by atoms with Crippen LogP contribution in [0.5, 0.6) is 0 Å². The summed E-state index contributed by atoms with van der Waals surface area (Å²) in [6, 6.07) is 0. The number of aliphatic hydroxyl groups is 1. The number of hydrogen-bond donors (Lipinski definition) is 2. The lowest BCUT2D eigenvalue weighted by Crippen LogP contribution is -2.50. The summed E-state index contributed by atoms with van der Waals surface area (Å²) in [6.07, 6.45) is 32.3. The van der Waals surface area contributed by atoms with Crippen molar-refractivity contribution in [2.24, 2.45) is 0 Å². The summed E-state index contributed by atoms with van der Waals surface area (Å²) in [5.41, 5.74) is -1.28. The van der Waals surface area contributed by atoms with Crippen molar-refractivity contribution in [1.29, 1.82) is 0 Å². The zero-order valence-electron chi connectivity index (χ0n) is 27.6. The number of unbranched alkanes of at least 4 members (excludes halogenated alkanes) is 9. The van der Waals surface area contributed by atoms with E-state index in [1.165, 1.54) is 70.6 Å². The second-order valence-corrected chi connectivity index (χ2v) is 13.9. The fourth-order valence-electron chi connectivity index (χ4n) is 6.28. The molecule has 0 aromatic carbocycles. The number of ether oxygens (including phenoxy) is 1. The number of carbonyl (C=O) groups is 1. The van der Waals surface area contributed by atoms with E-state index in [1.54, 1.807) is 0 Å². The molecule has 0 aliphatic heterocycles. The van der Waals surface area contributed by atoms with Gasteiger partial charge in [-0.3, -0.25) is 9.35 Å². The van der Waals surface area contributed by atoms with E-state index in [-0.39, 0.29) is 12.4 Å². The third-order valence-corrected chi connectivity index (χ3v) is 9.38. The van der Waals surface area contributed by atoms with Crippen molar-refractivity contribution in [3.8, 4) is 0 Å². The highest BCUT2D eigenvalue weighted by molar-refractivity contribution is 7.80. The van der Waals surface area contributed by atoms with Crippen molar-refractivity contribution in [3.05, 3.63) is 12.2 Å². The molecule has 1 rings (SSSR count). The predicted octanol–water partition coefficient (Wildman–Crippen LogP) is 9.96. The molecule has 0 spiro atoms. The van der Waals surface area contributed by atoms with Gasteiger partial charge in [-0.05, 0) is 57.8 Å². The largest absolute Gasteiger partial charge is 0.456 e. The lowest BCUT2D eigenvalue weighted by Gasteiger charge is -2.39. The second-order valence-electron chi connectivity index (χ2n) is 12.8. The Morgan fingerprint density at radius 3 is 1.56 bits per heavy atom. The van der Waals surface area contributed by atoms with Crippen LogP contribution in [0.15, 0.2) is 12.2 Å². The second kappa shape index (κ2) is 26.3. The normalized spacial score (nSPS) is 19.1. The fourth-order valence-corrected chi connectivity index (χ4v) is 6.81. The quantitative estimate of drug-likeness (QED) is 0.0671. The monoisotopic (exact) mass is 630 g/mol. The van der Waals surface area contributed by atoms with E-state index in [2.05, 4.69) is 19.1 Å². The van der Waals surface area contributed by atoms with Crippen molar-refractivity contribution >= 4 is 16.4 Å².